The molecule has 0 bridgehead atoms. The van der Waals surface area contributed by atoms with E-state index in [-0.39, 0.29) is 0 Å². The summed E-state index contributed by atoms with van der Waals surface area (Å²) in [6, 6.07) is 0. The molecule has 17 heavy (non-hydrogen) atoms. The number of aromatic amines is 1. The Morgan fingerprint density at radius 1 is 0.824 bits per heavy atom. The predicted octanol–water partition coefficient (Wildman–Crippen LogP) is 0.549. The lowest BCUT2D eigenvalue weighted by atomic mass is 10.1. The largest absolute Gasteiger partial charge is 0.355 e. The summed E-state index contributed by atoms with van der Waals surface area (Å²) in [6.07, 6.45) is 17.7. The van der Waals surface area contributed by atoms with Gasteiger partial charge in [0.2, 0.25) is 0 Å². The van der Waals surface area contributed by atoms with Gasteiger partial charge in [-0.2, -0.15) is 0 Å². The molecule has 0 radical (unpaired) electrons. The van der Waals surface area contributed by atoms with E-state index in [1.54, 1.807) is 0 Å². The normalized spacial score (nSPS) is 25.3. The Balaban J connectivity index is 2.47. The van der Waals surface area contributed by atoms with Crippen molar-refractivity contribution < 1.29 is 0 Å². The fourth-order valence-corrected chi connectivity index (χ4v) is 2.48. The quantitative estimate of drug-likeness (QED) is 0.661. The summed E-state index contributed by atoms with van der Waals surface area (Å²) in [5, 5.41) is 5.16. The third-order valence-corrected chi connectivity index (χ3v) is 3.35. The van der Waals surface area contributed by atoms with Crippen molar-refractivity contribution in [3.63, 3.8) is 0 Å². The topological polar surface area (TPSA) is 15.8 Å². The molecule has 2 atom stereocenters. The Morgan fingerprint density at radius 2 is 1.29 bits per heavy atom. The lowest BCUT2D eigenvalue weighted by molar-refractivity contribution is 0.989. The van der Waals surface area contributed by atoms with Crippen molar-refractivity contribution in [1.29, 1.82) is 0 Å². The van der Waals surface area contributed by atoms with Crippen LogP contribution in [0.4, 0.5) is 0 Å². The third-order valence-electron chi connectivity index (χ3n) is 3.35. The van der Waals surface area contributed by atoms with Crippen LogP contribution in [-0.4, -0.2) is 4.98 Å². The Bertz CT molecular complexity index is 663. The van der Waals surface area contributed by atoms with Crippen molar-refractivity contribution in [3.05, 3.63) is 45.4 Å². The highest BCUT2D eigenvalue weighted by Gasteiger charge is 2.03. The van der Waals surface area contributed by atoms with Gasteiger partial charge in [-0.05, 0) is 24.0 Å². The molecule has 2 aliphatic rings. The second-order valence-electron chi connectivity index (χ2n) is 4.93. The van der Waals surface area contributed by atoms with Gasteiger partial charge in [0.05, 0.1) is 0 Å². The first kappa shape index (κ1) is 10.4. The van der Waals surface area contributed by atoms with Crippen LogP contribution in [0.1, 0.15) is 13.8 Å². The van der Waals surface area contributed by atoms with Crippen LogP contribution in [0.25, 0.3) is 24.3 Å². The second kappa shape index (κ2) is 3.92. The molecule has 0 aliphatic heterocycles. The van der Waals surface area contributed by atoms with Gasteiger partial charge < -0.3 is 4.98 Å². The average Bonchev–Trinajstić information content (AvgIpc) is 2.45. The molecule has 1 N–H and O–H groups in total. The molecule has 0 amide bonds. The summed E-state index contributed by atoms with van der Waals surface area (Å²) in [7, 11) is 0. The molecule has 1 nitrogen and oxygen atoms in total. The third kappa shape index (κ3) is 1.82. The molecular weight excluding hydrogens is 206 g/mol. The van der Waals surface area contributed by atoms with Crippen molar-refractivity contribution in [3.8, 4) is 0 Å². The van der Waals surface area contributed by atoms with Crippen LogP contribution in [0.3, 0.4) is 0 Å². The number of fused-ring (bicyclic) bond motifs is 3. The van der Waals surface area contributed by atoms with Gasteiger partial charge in [-0.25, -0.2) is 0 Å². The minimum atomic E-state index is 0.493. The molecule has 1 heteroatoms. The Kier molecular flexibility index (Phi) is 2.40. The molecular formula is C16H17N. The van der Waals surface area contributed by atoms with Crippen molar-refractivity contribution in [1.82, 2.24) is 4.98 Å². The van der Waals surface area contributed by atoms with E-state index in [1.165, 1.54) is 21.1 Å². The smallest absolute Gasteiger partial charge is 0.0461 e. The molecule has 0 aromatic carbocycles. The summed E-state index contributed by atoms with van der Waals surface area (Å²) in [5.41, 5.74) is 0. The SMILES string of the molecule is CC1C=CC=c2[nH]c3c(c2=C1)=CC(C)C=CC=3. The van der Waals surface area contributed by atoms with Gasteiger partial charge in [0, 0.05) is 21.1 Å². The van der Waals surface area contributed by atoms with E-state index in [2.05, 4.69) is 67.4 Å². The van der Waals surface area contributed by atoms with E-state index in [0.29, 0.717) is 11.8 Å². The Labute approximate surface area is 101 Å². The molecule has 0 saturated carbocycles. The minimum absolute atomic E-state index is 0.493. The summed E-state index contributed by atoms with van der Waals surface area (Å²) in [4.78, 5) is 3.50. The fourth-order valence-electron chi connectivity index (χ4n) is 2.48. The van der Waals surface area contributed by atoms with Crippen LogP contribution in [0, 0.1) is 11.8 Å². The highest BCUT2D eigenvalue weighted by atomic mass is 14.7. The molecule has 0 spiro atoms. The first-order valence-electron chi connectivity index (χ1n) is 6.23. The van der Waals surface area contributed by atoms with Crippen LogP contribution in [0.15, 0.2) is 24.3 Å². The van der Waals surface area contributed by atoms with Crippen LogP contribution < -0.4 is 21.1 Å². The van der Waals surface area contributed by atoms with E-state index in [0.717, 1.165) is 0 Å². The Morgan fingerprint density at radius 3 is 1.76 bits per heavy atom. The Hall–Kier alpha value is -1.76. The van der Waals surface area contributed by atoms with E-state index < -0.39 is 0 Å². The van der Waals surface area contributed by atoms with Gasteiger partial charge in [-0.1, -0.05) is 50.3 Å². The maximum absolute atomic E-state index is 3.50. The summed E-state index contributed by atoms with van der Waals surface area (Å²) in [6.45, 7) is 4.45. The van der Waals surface area contributed by atoms with Crippen molar-refractivity contribution in [2.45, 2.75) is 13.8 Å². The number of nitrogens with one attached hydrogen (secondary N) is 1. The maximum atomic E-state index is 3.50. The predicted molar refractivity (Wildman–Crippen MR) is 73.8 cm³/mol. The number of H-pyrrole nitrogens is 1. The zero-order valence-electron chi connectivity index (χ0n) is 10.3. The number of hydrogen-bond donors (Lipinski definition) is 1. The molecule has 86 valence electrons. The monoisotopic (exact) mass is 223 g/mol. The fraction of sp³-hybridized carbons (Fsp3) is 0.250. The van der Waals surface area contributed by atoms with Gasteiger partial charge in [0.15, 0.2) is 0 Å². The zero-order valence-corrected chi connectivity index (χ0v) is 10.3. The van der Waals surface area contributed by atoms with E-state index in [9.17, 15) is 0 Å². The number of rotatable bonds is 0. The average molecular weight is 223 g/mol. The lowest BCUT2D eigenvalue weighted by Crippen LogP contribution is -2.38. The number of hydrogen-bond acceptors (Lipinski definition) is 0. The minimum Gasteiger partial charge on any atom is -0.355 e. The first-order chi connectivity index (χ1) is 8.24. The molecule has 1 heterocycles. The summed E-state index contributed by atoms with van der Waals surface area (Å²) in [5.74, 6) is 0.986. The molecule has 2 aliphatic carbocycles. The van der Waals surface area contributed by atoms with Crippen LogP contribution in [0.2, 0.25) is 0 Å². The maximum Gasteiger partial charge on any atom is 0.0461 e. The highest BCUT2D eigenvalue weighted by Crippen LogP contribution is 2.01. The van der Waals surface area contributed by atoms with E-state index in [4.69, 9.17) is 0 Å². The van der Waals surface area contributed by atoms with Gasteiger partial charge >= 0.3 is 0 Å². The van der Waals surface area contributed by atoms with Crippen molar-refractivity contribution in [2.24, 2.45) is 11.8 Å². The van der Waals surface area contributed by atoms with Crippen molar-refractivity contribution >= 4 is 24.3 Å². The van der Waals surface area contributed by atoms with Gasteiger partial charge in [-0.15, -0.1) is 0 Å². The van der Waals surface area contributed by atoms with Gasteiger partial charge in [0.25, 0.3) is 0 Å². The summed E-state index contributed by atoms with van der Waals surface area (Å²) >= 11 is 0. The molecule has 0 saturated heterocycles. The standard InChI is InChI=1S/C16H17N/c1-11-5-3-7-15-13(9-11)14-10-12(2)6-4-8-16(14)17-15/h3-12,17H,1-2H3. The van der Waals surface area contributed by atoms with Crippen LogP contribution >= 0.6 is 0 Å². The number of allylic oxidation sites excluding steroid dienone is 4. The van der Waals surface area contributed by atoms with E-state index >= 15 is 0 Å². The lowest BCUT2D eigenvalue weighted by Gasteiger charge is -1.95. The van der Waals surface area contributed by atoms with Gasteiger partial charge in [0.1, 0.15) is 0 Å². The summed E-state index contributed by atoms with van der Waals surface area (Å²) < 4.78 is 0. The van der Waals surface area contributed by atoms with E-state index in [1.807, 2.05) is 0 Å². The zero-order chi connectivity index (χ0) is 11.8. The molecule has 1 aromatic heterocycles. The van der Waals surface area contributed by atoms with Gasteiger partial charge in [-0.3, -0.25) is 0 Å². The second-order valence-corrected chi connectivity index (χ2v) is 4.93. The first-order valence-corrected chi connectivity index (χ1v) is 6.23. The molecule has 0 fully saturated rings. The molecule has 2 unspecified atom stereocenters. The molecule has 3 rings (SSSR count). The number of aromatic nitrogens is 1. The highest BCUT2D eigenvalue weighted by molar-refractivity contribution is 5.50. The van der Waals surface area contributed by atoms with Crippen molar-refractivity contribution in [2.75, 3.05) is 0 Å². The van der Waals surface area contributed by atoms with Crippen LogP contribution in [-0.2, 0) is 0 Å². The molecule has 1 aromatic rings. The van der Waals surface area contributed by atoms with Crippen LogP contribution in [0.5, 0.6) is 0 Å².